The second kappa shape index (κ2) is 8.52. The number of sulfonamides is 1. The standard InChI is InChI=1S/C15H23ClN2O4S/c1-5-11(4)17-15(19)9-22-14-7-6-12(8-13(14)16)23(20,21)18-10(2)3/h6-8,10-11,18H,5,9H2,1-4H3,(H,17,19)/t11-/m1/s1. The Morgan fingerprint density at radius 2 is 1.96 bits per heavy atom. The lowest BCUT2D eigenvalue weighted by atomic mass is 10.2. The molecule has 0 spiro atoms. The van der Waals surface area contributed by atoms with E-state index in [1.807, 2.05) is 13.8 Å². The van der Waals surface area contributed by atoms with E-state index < -0.39 is 10.0 Å². The first-order chi connectivity index (χ1) is 10.7. The van der Waals surface area contributed by atoms with Crippen LogP contribution in [0.1, 0.15) is 34.1 Å². The van der Waals surface area contributed by atoms with Crippen LogP contribution < -0.4 is 14.8 Å². The second-order valence-corrected chi connectivity index (χ2v) is 7.65. The van der Waals surface area contributed by atoms with Crippen LogP contribution >= 0.6 is 11.6 Å². The number of carbonyl (C=O) groups excluding carboxylic acids is 1. The molecule has 0 saturated carbocycles. The van der Waals surface area contributed by atoms with E-state index in [1.54, 1.807) is 13.8 Å². The molecular weight excluding hydrogens is 340 g/mol. The van der Waals surface area contributed by atoms with E-state index in [-0.39, 0.29) is 40.3 Å². The van der Waals surface area contributed by atoms with Gasteiger partial charge in [-0.2, -0.15) is 0 Å². The van der Waals surface area contributed by atoms with Gasteiger partial charge in [0.25, 0.3) is 5.91 Å². The monoisotopic (exact) mass is 362 g/mol. The largest absolute Gasteiger partial charge is 0.482 e. The van der Waals surface area contributed by atoms with E-state index in [0.717, 1.165) is 6.42 Å². The molecule has 8 heteroatoms. The summed E-state index contributed by atoms with van der Waals surface area (Å²) in [5, 5.41) is 2.90. The highest BCUT2D eigenvalue weighted by atomic mass is 35.5. The number of amides is 1. The van der Waals surface area contributed by atoms with Crippen molar-refractivity contribution in [1.29, 1.82) is 0 Å². The Morgan fingerprint density at radius 3 is 2.48 bits per heavy atom. The normalized spacial score (nSPS) is 13.0. The first-order valence-electron chi connectivity index (χ1n) is 7.39. The van der Waals surface area contributed by atoms with Crippen LogP contribution in [0.25, 0.3) is 0 Å². The van der Waals surface area contributed by atoms with Crippen molar-refractivity contribution < 1.29 is 17.9 Å². The molecule has 1 amide bonds. The van der Waals surface area contributed by atoms with Crippen molar-refractivity contribution in [3.8, 4) is 5.75 Å². The lowest BCUT2D eigenvalue weighted by molar-refractivity contribution is -0.123. The topological polar surface area (TPSA) is 84.5 Å². The van der Waals surface area contributed by atoms with Crippen LogP contribution in [-0.4, -0.2) is 33.0 Å². The fourth-order valence-electron chi connectivity index (χ4n) is 1.71. The van der Waals surface area contributed by atoms with Crippen molar-refractivity contribution in [1.82, 2.24) is 10.0 Å². The average molecular weight is 363 g/mol. The maximum Gasteiger partial charge on any atom is 0.258 e. The van der Waals surface area contributed by atoms with Crippen molar-refractivity contribution in [2.45, 2.75) is 51.1 Å². The van der Waals surface area contributed by atoms with E-state index in [1.165, 1.54) is 18.2 Å². The Bertz CT molecular complexity index is 647. The lowest BCUT2D eigenvalue weighted by Gasteiger charge is -2.14. The van der Waals surface area contributed by atoms with Crippen molar-refractivity contribution >= 4 is 27.5 Å². The first kappa shape index (κ1) is 19.7. The number of hydrogen-bond acceptors (Lipinski definition) is 4. The summed E-state index contributed by atoms with van der Waals surface area (Å²) in [6.07, 6.45) is 0.821. The lowest BCUT2D eigenvalue weighted by Crippen LogP contribution is -2.35. The van der Waals surface area contributed by atoms with Crippen LogP contribution in [0, 0.1) is 0 Å². The molecule has 1 aromatic rings. The van der Waals surface area contributed by atoms with Crippen molar-refractivity contribution in [3.05, 3.63) is 23.2 Å². The molecule has 0 fully saturated rings. The summed E-state index contributed by atoms with van der Waals surface area (Å²) in [6, 6.07) is 3.97. The predicted octanol–water partition coefficient (Wildman–Crippen LogP) is 2.32. The Balaban J connectivity index is 2.76. The van der Waals surface area contributed by atoms with Crippen LogP contribution in [0.3, 0.4) is 0 Å². The third-order valence-corrected chi connectivity index (χ3v) is 4.93. The summed E-state index contributed by atoms with van der Waals surface area (Å²) in [5.41, 5.74) is 0. The third-order valence-electron chi connectivity index (χ3n) is 2.98. The Kier molecular flexibility index (Phi) is 7.31. The molecule has 0 radical (unpaired) electrons. The van der Waals surface area contributed by atoms with Gasteiger partial charge in [0.1, 0.15) is 5.75 Å². The minimum absolute atomic E-state index is 0.0487. The van der Waals surface area contributed by atoms with Crippen molar-refractivity contribution in [3.63, 3.8) is 0 Å². The zero-order chi connectivity index (χ0) is 17.6. The average Bonchev–Trinajstić information content (AvgIpc) is 2.44. The van der Waals surface area contributed by atoms with Crippen LogP contribution in [0.2, 0.25) is 5.02 Å². The van der Waals surface area contributed by atoms with Gasteiger partial charge < -0.3 is 10.1 Å². The van der Waals surface area contributed by atoms with Gasteiger partial charge in [-0.1, -0.05) is 18.5 Å². The summed E-state index contributed by atoms with van der Waals surface area (Å²) in [5.74, 6) is 0.00283. The summed E-state index contributed by atoms with van der Waals surface area (Å²) in [6.45, 7) is 7.14. The van der Waals surface area contributed by atoms with Gasteiger partial charge in [-0.25, -0.2) is 13.1 Å². The van der Waals surface area contributed by atoms with Crippen LogP contribution in [-0.2, 0) is 14.8 Å². The van der Waals surface area contributed by atoms with Crippen LogP contribution in [0.4, 0.5) is 0 Å². The van der Waals surface area contributed by atoms with Gasteiger partial charge in [-0.3, -0.25) is 4.79 Å². The summed E-state index contributed by atoms with van der Waals surface area (Å²) >= 11 is 6.04. The maximum absolute atomic E-state index is 12.1. The van der Waals surface area contributed by atoms with Gasteiger partial charge in [-0.05, 0) is 45.4 Å². The third kappa shape index (κ3) is 6.37. The summed E-state index contributed by atoms with van der Waals surface area (Å²) in [4.78, 5) is 11.7. The van der Waals surface area contributed by atoms with Gasteiger partial charge >= 0.3 is 0 Å². The molecule has 2 N–H and O–H groups in total. The fourth-order valence-corrected chi connectivity index (χ4v) is 3.28. The molecule has 1 rings (SSSR count). The van der Waals surface area contributed by atoms with Crippen molar-refractivity contribution in [2.24, 2.45) is 0 Å². The maximum atomic E-state index is 12.1. The van der Waals surface area contributed by atoms with Gasteiger partial charge in [0.15, 0.2) is 6.61 Å². The number of hydrogen-bond donors (Lipinski definition) is 2. The number of carbonyl (C=O) groups is 1. The second-order valence-electron chi connectivity index (χ2n) is 5.53. The van der Waals surface area contributed by atoms with E-state index in [9.17, 15) is 13.2 Å². The van der Waals surface area contributed by atoms with Crippen LogP contribution in [0.15, 0.2) is 23.1 Å². The van der Waals surface area contributed by atoms with Gasteiger partial charge in [0.2, 0.25) is 10.0 Å². The molecule has 0 saturated heterocycles. The highest BCUT2D eigenvalue weighted by molar-refractivity contribution is 7.89. The molecule has 0 aliphatic carbocycles. The minimum Gasteiger partial charge on any atom is -0.482 e. The number of benzene rings is 1. The Labute approximate surface area is 142 Å². The molecule has 0 aliphatic rings. The molecule has 0 heterocycles. The van der Waals surface area contributed by atoms with Gasteiger partial charge in [-0.15, -0.1) is 0 Å². The van der Waals surface area contributed by atoms with E-state index in [2.05, 4.69) is 10.0 Å². The van der Waals surface area contributed by atoms with Gasteiger partial charge in [0, 0.05) is 12.1 Å². The highest BCUT2D eigenvalue weighted by Crippen LogP contribution is 2.27. The SMILES string of the molecule is CC[C@@H](C)NC(=O)COc1ccc(S(=O)(=O)NC(C)C)cc1Cl. The zero-order valence-electron chi connectivity index (χ0n) is 13.7. The summed E-state index contributed by atoms with van der Waals surface area (Å²) in [7, 11) is -3.62. The van der Waals surface area contributed by atoms with E-state index in [4.69, 9.17) is 16.3 Å². The number of ether oxygens (including phenoxy) is 1. The number of nitrogens with one attached hydrogen (secondary N) is 2. The molecule has 0 aromatic heterocycles. The molecular formula is C15H23ClN2O4S. The molecule has 23 heavy (non-hydrogen) atoms. The molecule has 6 nitrogen and oxygen atoms in total. The molecule has 1 aromatic carbocycles. The van der Waals surface area contributed by atoms with E-state index in [0.29, 0.717) is 0 Å². The zero-order valence-corrected chi connectivity index (χ0v) is 15.3. The minimum atomic E-state index is -3.62. The molecule has 0 bridgehead atoms. The molecule has 1 atom stereocenters. The highest BCUT2D eigenvalue weighted by Gasteiger charge is 2.17. The van der Waals surface area contributed by atoms with Crippen LogP contribution in [0.5, 0.6) is 5.75 Å². The summed E-state index contributed by atoms with van der Waals surface area (Å²) < 4.78 is 31.9. The first-order valence-corrected chi connectivity index (χ1v) is 9.25. The Morgan fingerprint density at radius 1 is 1.30 bits per heavy atom. The Hall–Kier alpha value is -1.31. The predicted molar refractivity (Wildman–Crippen MR) is 90.3 cm³/mol. The van der Waals surface area contributed by atoms with Gasteiger partial charge in [0.05, 0.1) is 9.92 Å². The number of rotatable bonds is 8. The quantitative estimate of drug-likeness (QED) is 0.743. The van der Waals surface area contributed by atoms with E-state index >= 15 is 0 Å². The molecule has 130 valence electrons. The molecule has 0 aliphatic heterocycles. The smallest absolute Gasteiger partial charge is 0.258 e. The van der Waals surface area contributed by atoms with Crippen molar-refractivity contribution in [2.75, 3.05) is 6.61 Å². The number of halogens is 1. The fraction of sp³-hybridized carbons (Fsp3) is 0.533. The molecule has 0 unspecified atom stereocenters.